The van der Waals surface area contributed by atoms with Crippen molar-refractivity contribution in [2.45, 2.75) is 25.2 Å². The Morgan fingerprint density at radius 1 is 1.28 bits per heavy atom. The van der Waals surface area contributed by atoms with E-state index in [1.807, 2.05) is 13.8 Å². The van der Waals surface area contributed by atoms with Crippen molar-refractivity contribution in [1.29, 1.82) is 0 Å². The van der Waals surface area contributed by atoms with Gasteiger partial charge in [-0.15, -0.1) is 14.9 Å². The van der Waals surface area contributed by atoms with E-state index in [1.165, 1.54) is 23.9 Å². The molecule has 0 aliphatic carbocycles. The van der Waals surface area contributed by atoms with Gasteiger partial charge in [0.15, 0.2) is 0 Å². The summed E-state index contributed by atoms with van der Waals surface area (Å²) in [6.45, 7) is 3.82. The lowest BCUT2D eigenvalue weighted by atomic mass is 10.2. The van der Waals surface area contributed by atoms with Gasteiger partial charge in [0.2, 0.25) is 5.17 Å². The SMILES string of the molecule is CCC1=N[N]C(=NS(=O)(=O)c2ccc(C)cc2)S1. The molecular formula is C11H12N3O2S2. The molecule has 2 rings (SSSR count). The third-order valence-corrected chi connectivity index (χ3v) is 4.63. The van der Waals surface area contributed by atoms with Crippen molar-refractivity contribution in [2.75, 3.05) is 0 Å². The predicted molar refractivity (Wildman–Crippen MR) is 73.3 cm³/mol. The molecule has 1 aliphatic rings. The first-order valence-electron chi connectivity index (χ1n) is 5.38. The molecule has 0 spiro atoms. The number of rotatable bonds is 3. The summed E-state index contributed by atoms with van der Waals surface area (Å²) in [6.07, 6.45) is 0.720. The molecule has 7 heteroatoms. The van der Waals surface area contributed by atoms with Crippen LogP contribution in [0.4, 0.5) is 0 Å². The van der Waals surface area contributed by atoms with Gasteiger partial charge in [-0.25, -0.2) is 0 Å². The molecular weight excluding hydrogens is 270 g/mol. The normalized spacial score (nSPS) is 17.7. The average Bonchev–Trinajstić information content (AvgIpc) is 2.76. The highest BCUT2D eigenvalue weighted by molar-refractivity contribution is 8.27. The highest BCUT2D eigenvalue weighted by Gasteiger charge is 2.20. The minimum absolute atomic E-state index is 0.168. The van der Waals surface area contributed by atoms with Gasteiger partial charge in [0.25, 0.3) is 10.0 Å². The van der Waals surface area contributed by atoms with Gasteiger partial charge in [-0.3, -0.25) is 0 Å². The van der Waals surface area contributed by atoms with Crippen LogP contribution in [0.25, 0.3) is 0 Å². The molecule has 5 nitrogen and oxygen atoms in total. The van der Waals surface area contributed by atoms with E-state index in [-0.39, 0.29) is 10.1 Å². The lowest BCUT2D eigenvalue weighted by Crippen LogP contribution is -2.05. The van der Waals surface area contributed by atoms with Crippen molar-refractivity contribution in [2.24, 2.45) is 9.50 Å². The van der Waals surface area contributed by atoms with Gasteiger partial charge in [-0.05, 0) is 37.2 Å². The van der Waals surface area contributed by atoms with Gasteiger partial charge in [-0.1, -0.05) is 24.6 Å². The summed E-state index contributed by atoms with van der Waals surface area (Å²) in [5, 5.41) is 4.78. The van der Waals surface area contributed by atoms with Crippen molar-refractivity contribution in [3.63, 3.8) is 0 Å². The maximum Gasteiger partial charge on any atom is 0.284 e. The number of nitrogens with zero attached hydrogens (tertiary/aromatic N) is 3. The van der Waals surface area contributed by atoms with Crippen LogP contribution >= 0.6 is 11.8 Å². The minimum atomic E-state index is -3.69. The lowest BCUT2D eigenvalue weighted by molar-refractivity contribution is 0.598. The molecule has 1 aromatic carbocycles. The highest BCUT2D eigenvalue weighted by atomic mass is 32.2. The maximum absolute atomic E-state index is 12.0. The fraction of sp³-hybridized carbons (Fsp3) is 0.273. The highest BCUT2D eigenvalue weighted by Crippen LogP contribution is 2.20. The van der Waals surface area contributed by atoms with Crippen LogP contribution < -0.4 is 5.43 Å². The zero-order valence-corrected chi connectivity index (χ0v) is 11.6. The Morgan fingerprint density at radius 3 is 2.50 bits per heavy atom. The quantitative estimate of drug-likeness (QED) is 0.852. The fourth-order valence-corrected chi connectivity index (χ4v) is 3.08. The number of benzene rings is 1. The monoisotopic (exact) mass is 282 g/mol. The average molecular weight is 282 g/mol. The van der Waals surface area contributed by atoms with E-state index >= 15 is 0 Å². The molecule has 95 valence electrons. The summed E-state index contributed by atoms with van der Waals surface area (Å²) in [5.74, 6) is 0. The van der Waals surface area contributed by atoms with Crippen LogP contribution in [0, 0.1) is 6.92 Å². The molecule has 0 N–H and O–H groups in total. The second-order valence-corrected chi connectivity index (χ2v) is 6.36. The van der Waals surface area contributed by atoms with Crippen LogP contribution in [0.5, 0.6) is 0 Å². The van der Waals surface area contributed by atoms with Gasteiger partial charge < -0.3 is 0 Å². The Morgan fingerprint density at radius 2 is 1.94 bits per heavy atom. The number of hydrogen-bond acceptors (Lipinski definition) is 4. The Balaban J connectivity index is 2.23. The molecule has 1 aromatic rings. The van der Waals surface area contributed by atoms with Gasteiger partial charge in [-0.2, -0.15) is 8.42 Å². The first-order valence-corrected chi connectivity index (χ1v) is 7.64. The molecule has 0 saturated heterocycles. The summed E-state index contributed by atoms with van der Waals surface area (Å²) >= 11 is 1.19. The molecule has 0 aromatic heterocycles. The van der Waals surface area contributed by atoms with Crippen molar-refractivity contribution < 1.29 is 8.42 Å². The number of sulfonamides is 1. The molecule has 1 heterocycles. The van der Waals surface area contributed by atoms with Gasteiger partial charge in [0.05, 0.1) is 4.90 Å². The van der Waals surface area contributed by atoms with Crippen molar-refractivity contribution in [3.05, 3.63) is 29.8 Å². The standard InChI is InChI=1S/C11H12N3O2S2/c1-3-10-12-13-11(17-10)14-18(15,16)9-6-4-8(2)5-7-9/h4-7H,3H2,1-2H3. The molecule has 0 saturated carbocycles. The lowest BCUT2D eigenvalue weighted by Gasteiger charge is -1.99. The van der Waals surface area contributed by atoms with Crippen LogP contribution in [-0.2, 0) is 10.0 Å². The van der Waals surface area contributed by atoms with Crippen LogP contribution in [0.2, 0.25) is 0 Å². The number of aryl methyl sites for hydroxylation is 1. The van der Waals surface area contributed by atoms with Crippen LogP contribution in [0.1, 0.15) is 18.9 Å². The Kier molecular flexibility index (Phi) is 3.72. The van der Waals surface area contributed by atoms with Crippen molar-refractivity contribution in [3.8, 4) is 0 Å². The van der Waals surface area contributed by atoms with Crippen LogP contribution in [0.3, 0.4) is 0 Å². The predicted octanol–water partition coefficient (Wildman–Crippen LogP) is 2.11. The maximum atomic E-state index is 12.0. The largest absolute Gasteiger partial charge is 0.284 e. The second kappa shape index (κ2) is 5.11. The van der Waals surface area contributed by atoms with Gasteiger partial charge in [0, 0.05) is 0 Å². The first-order chi connectivity index (χ1) is 8.51. The fourth-order valence-electron chi connectivity index (χ4n) is 1.29. The van der Waals surface area contributed by atoms with E-state index in [9.17, 15) is 8.42 Å². The third kappa shape index (κ3) is 2.91. The topological polar surface area (TPSA) is 73.0 Å². The molecule has 0 fully saturated rings. The van der Waals surface area contributed by atoms with Crippen molar-refractivity contribution in [1.82, 2.24) is 5.43 Å². The molecule has 0 unspecified atom stereocenters. The number of thioether (sulfide) groups is 1. The van der Waals surface area contributed by atoms with Gasteiger partial charge in [0.1, 0.15) is 5.04 Å². The van der Waals surface area contributed by atoms with Crippen molar-refractivity contribution >= 4 is 32.0 Å². The number of amidine groups is 1. The van der Waals surface area contributed by atoms with E-state index in [0.717, 1.165) is 17.0 Å². The summed E-state index contributed by atoms with van der Waals surface area (Å²) in [7, 11) is -3.69. The Labute approximate surface area is 110 Å². The number of hydrogen-bond donors (Lipinski definition) is 0. The van der Waals surface area contributed by atoms with E-state index in [1.54, 1.807) is 12.1 Å². The third-order valence-electron chi connectivity index (χ3n) is 2.28. The van der Waals surface area contributed by atoms with E-state index in [0.29, 0.717) is 0 Å². The molecule has 1 aliphatic heterocycles. The van der Waals surface area contributed by atoms with E-state index in [4.69, 9.17) is 0 Å². The molecule has 0 bridgehead atoms. The summed E-state index contributed by atoms with van der Waals surface area (Å²) < 4.78 is 27.6. The van der Waals surface area contributed by atoms with E-state index < -0.39 is 10.0 Å². The molecule has 1 radical (unpaired) electrons. The molecule has 0 amide bonds. The van der Waals surface area contributed by atoms with Gasteiger partial charge >= 0.3 is 0 Å². The summed E-state index contributed by atoms with van der Waals surface area (Å²) in [4.78, 5) is 0.168. The molecule has 18 heavy (non-hydrogen) atoms. The summed E-state index contributed by atoms with van der Waals surface area (Å²) in [5.41, 5.74) is 4.74. The van der Waals surface area contributed by atoms with E-state index in [2.05, 4.69) is 14.9 Å². The molecule has 0 atom stereocenters. The first kappa shape index (κ1) is 13.1. The minimum Gasteiger partial charge on any atom is -0.199 e. The summed E-state index contributed by atoms with van der Waals surface area (Å²) in [6, 6.07) is 6.55. The van der Waals surface area contributed by atoms with Crippen LogP contribution in [-0.4, -0.2) is 18.6 Å². The zero-order chi connectivity index (χ0) is 13.2. The Bertz CT molecular complexity index is 604. The Hall–Kier alpha value is -1.34. The second-order valence-electron chi connectivity index (χ2n) is 3.71. The van der Waals surface area contributed by atoms with Crippen LogP contribution in [0.15, 0.2) is 38.7 Å². The zero-order valence-electron chi connectivity index (χ0n) is 9.99. The smallest absolute Gasteiger partial charge is 0.199 e.